The molecule has 3 atom stereocenters. The van der Waals surface area contributed by atoms with Crippen molar-refractivity contribution in [2.75, 3.05) is 46.2 Å². The minimum Gasteiger partial charge on any atom is -0.444 e. The molecule has 0 aromatic rings. The number of carbonyl (C=O) groups is 1. The van der Waals surface area contributed by atoms with Crippen LogP contribution in [-0.2, 0) is 23.7 Å². The van der Waals surface area contributed by atoms with E-state index in [4.69, 9.17) is 23.7 Å². The van der Waals surface area contributed by atoms with Gasteiger partial charge in [0, 0.05) is 6.61 Å². The average Bonchev–Trinajstić information content (AvgIpc) is 3.04. The van der Waals surface area contributed by atoms with E-state index in [1.165, 1.54) is 0 Å². The summed E-state index contributed by atoms with van der Waals surface area (Å²) in [5, 5.41) is 9.52. The summed E-state index contributed by atoms with van der Waals surface area (Å²) < 4.78 is 27.8. The highest BCUT2D eigenvalue weighted by Crippen LogP contribution is 2.23. The van der Waals surface area contributed by atoms with E-state index < -0.39 is 11.7 Å². The minimum absolute atomic E-state index is 0.0914. The third kappa shape index (κ3) is 8.31. The lowest BCUT2D eigenvalue weighted by Crippen LogP contribution is -2.41. The van der Waals surface area contributed by atoms with E-state index in [1.54, 1.807) is 4.90 Å². The molecule has 8 nitrogen and oxygen atoms in total. The Morgan fingerprint density at radius 3 is 2.52 bits per heavy atom. The Morgan fingerprint density at radius 2 is 1.89 bits per heavy atom. The molecule has 2 rings (SSSR count). The van der Waals surface area contributed by atoms with Crippen LogP contribution in [0.2, 0.25) is 0 Å². The zero-order valence-electron chi connectivity index (χ0n) is 16.9. The molecule has 2 saturated heterocycles. The molecule has 0 saturated carbocycles. The van der Waals surface area contributed by atoms with E-state index in [9.17, 15) is 9.90 Å². The van der Waals surface area contributed by atoms with Crippen LogP contribution in [0.5, 0.6) is 0 Å². The molecule has 27 heavy (non-hydrogen) atoms. The maximum absolute atomic E-state index is 12.2. The van der Waals surface area contributed by atoms with Crippen LogP contribution in [0, 0.1) is 0 Å². The maximum atomic E-state index is 12.2. The molecular formula is C19H35NO7. The molecule has 2 fully saturated rings. The first kappa shape index (κ1) is 22.4. The lowest BCUT2D eigenvalue weighted by atomic mass is 10.2. The monoisotopic (exact) mass is 389 g/mol. The Balaban J connectivity index is 1.56. The van der Waals surface area contributed by atoms with Crippen LogP contribution in [0.15, 0.2) is 0 Å². The minimum atomic E-state index is -0.561. The SMILES string of the molecule is CC(C)(C)OC(=O)N1C[C@H](OCCOCCOC2CCCCO2)C[C@H]1CO. The summed E-state index contributed by atoms with van der Waals surface area (Å²) >= 11 is 0. The van der Waals surface area contributed by atoms with E-state index >= 15 is 0 Å². The van der Waals surface area contributed by atoms with Gasteiger partial charge >= 0.3 is 6.09 Å². The van der Waals surface area contributed by atoms with Gasteiger partial charge < -0.3 is 33.7 Å². The number of aliphatic hydroxyl groups is 1. The lowest BCUT2D eigenvalue weighted by Gasteiger charge is -2.27. The van der Waals surface area contributed by atoms with Crippen molar-refractivity contribution >= 4 is 6.09 Å². The van der Waals surface area contributed by atoms with Crippen molar-refractivity contribution in [2.24, 2.45) is 0 Å². The molecule has 2 aliphatic rings. The zero-order valence-corrected chi connectivity index (χ0v) is 16.9. The first-order chi connectivity index (χ1) is 12.9. The number of ether oxygens (including phenoxy) is 5. The summed E-state index contributed by atoms with van der Waals surface area (Å²) in [6.07, 6.45) is 3.18. The number of rotatable bonds is 9. The van der Waals surface area contributed by atoms with Crippen molar-refractivity contribution in [1.29, 1.82) is 0 Å². The first-order valence-electron chi connectivity index (χ1n) is 9.92. The van der Waals surface area contributed by atoms with Gasteiger partial charge in [0.15, 0.2) is 6.29 Å². The van der Waals surface area contributed by atoms with Gasteiger partial charge in [0.1, 0.15) is 5.60 Å². The predicted molar refractivity (Wildman–Crippen MR) is 98.5 cm³/mol. The molecule has 0 spiro atoms. The zero-order chi connectivity index (χ0) is 19.7. The van der Waals surface area contributed by atoms with E-state index in [2.05, 4.69) is 0 Å². The Labute approximate surface area is 162 Å². The van der Waals surface area contributed by atoms with Gasteiger partial charge in [0.25, 0.3) is 0 Å². The molecule has 1 amide bonds. The van der Waals surface area contributed by atoms with Crippen LogP contribution in [0.25, 0.3) is 0 Å². The standard InChI is InChI=1S/C19H35NO7/c1-19(2,3)27-18(22)20-13-16(12-15(20)14-21)24-10-8-23-9-11-26-17-6-4-5-7-25-17/h15-17,21H,4-14H2,1-3H3/t15-,16+,17?/m0/s1. The molecule has 2 aliphatic heterocycles. The molecule has 8 heteroatoms. The summed E-state index contributed by atoms with van der Waals surface area (Å²) in [4.78, 5) is 13.8. The van der Waals surface area contributed by atoms with Crippen molar-refractivity contribution in [3.63, 3.8) is 0 Å². The number of nitrogens with zero attached hydrogens (tertiary/aromatic N) is 1. The van der Waals surface area contributed by atoms with E-state index in [1.807, 2.05) is 20.8 Å². The van der Waals surface area contributed by atoms with Crippen LogP contribution in [0.4, 0.5) is 4.79 Å². The fraction of sp³-hybridized carbons (Fsp3) is 0.947. The molecule has 158 valence electrons. The number of aliphatic hydroxyl groups excluding tert-OH is 1. The second kappa shape index (κ2) is 11.2. The topological polar surface area (TPSA) is 86.7 Å². The molecule has 0 aliphatic carbocycles. The van der Waals surface area contributed by atoms with Gasteiger partial charge in [0.05, 0.1) is 51.7 Å². The largest absolute Gasteiger partial charge is 0.444 e. The number of likely N-dealkylation sites (tertiary alicyclic amines) is 1. The summed E-state index contributed by atoms with van der Waals surface area (Å²) in [6, 6.07) is -0.269. The van der Waals surface area contributed by atoms with E-state index in [-0.39, 0.29) is 25.0 Å². The van der Waals surface area contributed by atoms with Gasteiger partial charge in [-0.05, 0) is 46.5 Å². The Kier molecular flexibility index (Phi) is 9.25. The third-order valence-electron chi connectivity index (χ3n) is 4.47. The highest BCUT2D eigenvalue weighted by atomic mass is 16.7. The quantitative estimate of drug-likeness (QED) is 0.603. The molecule has 2 heterocycles. The Bertz CT molecular complexity index is 434. The van der Waals surface area contributed by atoms with Crippen LogP contribution < -0.4 is 0 Å². The van der Waals surface area contributed by atoms with Gasteiger partial charge in [-0.2, -0.15) is 0 Å². The summed E-state index contributed by atoms with van der Waals surface area (Å²) in [6.45, 7) is 8.46. The fourth-order valence-corrected chi connectivity index (χ4v) is 3.17. The maximum Gasteiger partial charge on any atom is 0.410 e. The first-order valence-corrected chi connectivity index (χ1v) is 9.92. The molecule has 1 N–H and O–H groups in total. The van der Waals surface area contributed by atoms with Crippen LogP contribution >= 0.6 is 0 Å². The molecule has 0 radical (unpaired) electrons. The highest BCUT2D eigenvalue weighted by molar-refractivity contribution is 5.69. The molecule has 1 unspecified atom stereocenters. The van der Waals surface area contributed by atoms with Crippen molar-refractivity contribution in [3.8, 4) is 0 Å². The average molecular weight is 389 g/mol. The van der Waals surface area contributed by atoms with Crippen LogP contribution in [-0.4, -0.2) is 86.3 Å². The van der Waals surface area contributed by atoms with Gasteiger partial charge in [-0.3, -0.25) is 0 Å². The molecular weight excluding hydrogens is 354 g/mol. The second-order valence-corrected chi connectivity index (χ2v) is 7.98. The van der Waals surface area contributed by atoms with Crippen LogP contribution in [0.1, 0.15) is 46.5 Å². The number of carbonyl (C=O) groups excluding carboxylic acids is 1. The van der Waals surface area contributed by atoms with Crippen molar-refractivity contribution in [3.05, 3.63) is 0 Å². The summed E-state index contributed by atoms with van der Waals surface area (Å²) in [5.41, 5.74) is -0.561. The summed E-state index contributed by atoms with van der Waals surface area (Å²) in [5.74, 6) is 0. The Hall–Kier alpha value is -0.930. The lowest BCUT2D eigenvalue weighted by molar-refractivity contribution is -0.169. The van der Waals surface area contributed by atoms with Crippen molar-refractivity contribution < 1.29 is 33.6 Å². The summed E-state index contributed by atoms with van der Waals surface area (Å²) in [7, 11) is 0. The van der Waals surface area contributed by atoms with Gasteiger partial charge in [0.2, 0.25) is 0 Å². The van der Waals surface area contributed by atoms with Crippen molar-refractivity contribution in [2.45, 2.75) is 70.5 Å². The highest BCUT2D eigenvalue weighted by Gasteiger charge is 2.37. The number of hydrogen-bond donors (Lipinski definition) is 1. The number of amides is 1. The van der Waals surface area contributed by atoms with Gasteiger partial charge in [-0.1, -0.05) is 0 Å². The third-order valence-corrected chi connectivity index (χ3v) is 4.47. The normalized spacial score (nSPS) is 26.4. The van der Waals surface area contributed by atoms with Gasteiger partial charge in [-0.25, -0.2) is 4.79 Å². The second-order valence-electron chi connectivity index (χ2n) is 7.98. The molecule has 0 aromatic carbocycles. The molecule has 0 aromatic heterocycles. The fourth-order valence-electron chi connectivity index (χ4n) is 3.17. The van der Waals surface area contributed by atoms with Gasteiger partial charge in [-0.15, -0.1) is 0 Å². The smallest absolute Gasteiger partial charge is 0.410 e. The van der Waals surface area contributed by atoms with E-state index in [0.29, 0.717) is 39.4 Å². The molecule has 0 bridgehead atoms. The predicted octanol–water partition coefficient (Wildman–Crippen LogP) is 1.93. The Morgan fingerprint density at radius 1 is 1.15 bits per heavy atom. The van der Waals surface area contributed by atoms with E-state index in [0.717, 1.165) is 25.9 Å². The van der Waals surface area contributed by atoms with Crippen molar-refractivity contribution in [1.82, 2.24) is 4.90 Å². The van der Waals surface area contributed by atoms with Crippen LogP contribution in [0.3, 0.4) is 0 Å². The number of hydrogen-bond acceptors (Lipinski definition) is 7.